The molecular weight excluding hydrogens is 316 g/mol. The number of rotatable bonds is 5. The van der Waals surface area contributed by atoms with Crippen LogP contribution in [0.4, 0.5) is 5.69 Å². The summed E-state index contributed by atoms with van der Waals surface area (Å²) in [4.78, 5) is 26.1. The van der Waals surface area contributed by atoms with Gasteiger partial charge in [0.05, 0.1) is 5.69 Å². The third-order valence-corrected chi connectivity index (χ3v) is 4.99. The molecule has 3 aliphatic rings. The lowest BCUT2D eigenvalue weighted by Gasteiger charge is -2.29. The highest BCUT2D eigenvalue weighted by molar-refractivity contribution is 6.31. The Morgan fingerprint density at radius 3 is 2.65 bits per heavy atom. The fraction of sp³-hybridized carbons (Fsp3) is 0.529. The molecule has 0 radical (unpaired) electrons. The minimum Gasteiger partial charge on any atom is -0.482 e. The Bertz CT molecular complexity index is 643. The van der Waals surface area contributed by atoms with Gasteiger partial charge in [-0.15, -0.1) is 0 Å². The van der Waals surface area contributed by atoms with E-state index in [1.54, 1.807) is 18.2 Å². The van der Waals surface area contributed by atoms with E-state index >= 15 is 0 Å². The van der Waals surface area contributed by atoms with Crippen LogP contribution < -0.4 is 15.0 Å². The van der Waals surface area contributed by atoms with Crippen molar-refractivity contribution in [3.8, 4) is 5.75 Å². The van der Waals surface area contributed by atoms with Crippen LogP contribution in [0.3, 0.4) is 0 Å². The first-order valence-electron chi connectivity index (χ1n) is 8.14. The molecule has 1 heterocycles. The van der Waals surface area contributed by atoms with Gasteiger partial charge in [-0.2, -0.15) is 0 Å². The number of benzene rings is 1. The zero-order valence-electron chi connectivity index (χ0n) is 12.8. The maximum atomic E-state index is 12.4. The van der Waals surface area contributed by atoms with E-state index in [9.17, 15) is 9.59 Å². The number of fused-ring (bicyclic) bond motifs is 1. The molecule has 0 unspecified atom stereocenters. The standard InChI is InChI=1S/C17H19ClN2O3/c18-12-5-6-14-13(7-12)20(16(22)9-23-14)8-15(21)19-17(10-1-2-10)11-3-4-11/h5-7,10-11,17H,1-4,8-9H2,(H,19,21). The van der Waals surface area contributed by atoms with Crippen molar-refractivity contribution in [1.82, 2.24) is 5.32 Å². The normalized spacial score (nSPS) is 20.3. The lowest BCUT2D eigenvalue weighted by Crippen LogP contribution is -2.48. The Kier molecular flexibility index (Phi) is 3.68. The molecule has 1 aromatic carbocycles. The molecule has 4 rings (SSSR count). The second-order valence-electron chi connectivity index (χ2n) is 6.65. The topological polar surface area (TPSA) is 58.6 Å². The third-order valence-electron chi connectivity index (χ3n) is 4.75. The largest absolute Gasteiger partial charge is 0.482 e. The Labute approximate surface area is 139 Å². The van der Waals surface area contributed by atoms with Crippen molar-refractivity contribution in [2.45, 2.75) is 31.7 Å². The van der Waals surface area contributed by atoms with Crippen molar-refractivity contribution in [1.29, 1.82) is 0 Å². The highest BCUT2D eigenvalue weighted by atomic mass is 35.5. The summed E-state index contributed by atoms with van der Waals surface area (Å²) in [6.07, 6.45) is 4.82. The minimum atomic E-state index is -0.218. The van der Waals surface area contributed by atoms with Crippen molar-refractivity contribution in [3.63, 3.8) is 0 Å². The van der Waals surface area contributed by atoms with Gasteiger partial charge in [-0.05, 0) is 55.7 Å². The van der Waals surface area contributed by atoms with Crippen LogP contribution >= 0.6 is 11.6 Å². The number of hydrogen-bond acceptors (Lipinski definition) is 3. The highest BCUT2D eigenvalue weighted by Gasteiger charge is 2.42. The molecule has 1 N–H and O–H groups in total. The van der Waals surface area contributed by atoms with E-state index in [2.05, 4.69) is 5.32 Å². The first kappa shape index (κ1) is 14.8. The van der Waals surface area contributed by atoms with Gasteiger partial charge >= 0.3 is 0 Å². The molecule has 2 fully saturated rings. The Morgan fingerprint density at radius 1 is 1.30 bits per heavy atom. The van der Waals surface area contributed by atoms with Crippen molar-refractivity contribution in [2.24, 2.45) is 11.8 Å². The molecule has 5 nitrogen and oxygen atoms in total. The quantitative estimate of drug-likeness (QED) is 0.899. The Hall–Kier alpha value is -1.75. The third kappa shape index (κ3) is 3.15. The average molecular weight is 335 g/mol. The summed E-state index contributed by atoms with van der Waals surface area (Å²) in [6.45, 7) is -0.0257. The van der Waals surface area contributed by atoms with Crippen LogP contribution in [0.5, 0.6) is 5.75 Å². The van der Waals surface area contributed by atoms with Crippen LogP contribution in [0, 0.1) is 11.8 Å². The molecule has 2 saturated carbocycles. The SMILES string of the molecule is O=C(CN1C(=O)COc2ccc(Cl)cc21)NC(C1CC1)C1CC1. The molecule has 0 atom stereocenters. The summed E-state index contributed by atoms with van der Waals surface area (Å²) in [7, 11) is 0. The van der Waals surface area contributed by atoms with Crippen LogP contribution in [0.1, 0.15) is 25.7 Å². The molecular formula is C17H19ClN2O3. The number of carbonyl (C=O) groups is 2. The van der Waals surface area contributed by atoms with Crippen LogP contribution in [-0.2, 0) is 9.59 Å². The average Bonchev–Trinajstić information content (AvgIpc) is 3.40. The summed E-state index contributed by atoms with van der Waals surface area (Å²) < 4.78 is 5.40. The first-order valence-corrected chi connectivity index (χ1v) is 8.51. The van der Waals surface area contributed by atoms with E-state index in [0.29, 0.717) is 28.3 Å². The lowest BCUT2D eigenvalue weighted by atomic mass is 10.1. The van der Waals surface area contributed by atoms with E-state index in [1.165, 1.54) is 30.6 Å². The number of hydrogen-bond donors (Lipinski definition) is 1. The summed E-state index contributed by atoms with van der Waals surface area (Å²) in [5.74, 6) is 1.53. The Balaban J connectivity index is 1.48. The molecule has 1 aromatic rings. The molecule has 2 aliphatic carbocycles. The minimum absolute atomic E-state index is 0.0193. The summed E-state index contributed by atoms with van der Waals surface area (Å²) >= 11 is 6.02. The molecule has 0 spiro atoms. The maximum Gasteiger partial charge on any atom is 0.265 e. The van der Waals surface area contributed by atoms with Crippen molar-refractivity contribution < 1.29 is 14.3 Å². The number of nitrogens with one attached hydrogen (secondary N) is 1. The van der Waals surface area contributed by atoms with Gasteiger partial charge in [-0.25, -0.2) is 0 Å². The zero-order valence-corrected chi connectivity index (χ0v) is 13.5. The molecule has 0 bridgehead atoms. The van der Waals surface area contributed by atoms with Crippen molar-refractivity contribution >= 4 is 29.1 Å². The fourth-order valence-electron chi connectivity index (χ4n) is 3.26. The molecule has 23 heavy (non-hydrogen) atoms. The first-order chi connectivity index (χ1) is 11.1. The van der Waals surface area contributed by atoms with E-state index in [-0.39, 0.29) is 31.0 Å². The van der Waals surface area contributed by atoms with Crippen LogP contribution in [0.25, 0.3) is 0 Å². The van der Waals surface area contributed by atoms with Gasteiger partial charge < -0.3 is 10.1 Å². The molecule has 122 valence electrons. The number of anilines is 1. The van der Waals surface area contributed by atoms with Gasteiger partial charge in [0.25, 0.3) is 5.91 Å². The predicted molar refractivity (Wildman–Crippen MR) is 86.7 cm³/mol. The van der Waals surface area contributed by atoms with E-state index in [1.807, 2.05) is 0 Å². The monoisotopic (exact) mass is 334 g/mol. The lowest BCUT2D eigenvalue weighted by molar-refractivity contribution is -0.125. The summed E-state index contributed by atoms with van der Waals surface area (Å²) in [5.41, 5.74) is 0.568. The smallest absolute Gasteiger partial charge is 0.265 e. The molecule has 0 aromatic heterocycles. The number of amides is 2. The second kappa shape index (κ2) is 5.71. The van der Waals surface area contributed by atoms with Gasteiger partial charge in [0.1, 0.15) is 12.3 Å². The van der Waals surface area contributed by atoms with Gasteiger partial charge in [0, 0.05) is 11.1 Å². The highest BCUT2D eigenvalue weighted by Crippen LogP contribution is 2.44. The maximum absolute atomic E-state index is 12.4. The van der Waals surface area contributed by atoms with Gasteiger partial charge in [-0.3, -0.25) is 14.5 Å². The van der Waals surface area contributed by atoms with Crippen LogP contribution in [-0.4, -0.2) is 31.0 Å². The predicted octanol–water partition coefficient (Wildman–Crippen LogP) is 2.37. The van der Waals surface area contributed by atoms with Crippen LogP contribution in [0.2, 0.25) is 5.02 Å². The van der Waals surface area contributed by atoms with E-state index in [0.717, 1.165) is 0 Å². The van der Waals surface area contributed by atoms with Gasteiger partial charge in [0.15, 0.2) is 6.61 Å². The van der Waals surface area contributed by atoms with Gasteiger partial charge in [0.2, 0.25) is 5.91 Å². The van der Waals surface area contributed by atoms with Crippen molar-refractivity contribution in [2.75, 3.05) is 18.1 Å². The van der Waals surface area contributed by atoms with Gasteiger partial charge in [-0.1, -0.05) is 11.6 Å². The van der Waals surface area contributed by atoms with E-state index < -0.39 is 0 Å². The zero-order chi connectivity index (χ0) is 16.0. The van der Waals surface area contributed by atoms with Crippen molar-refractivity contribution in [3.05, 3.63) is 23.2 Å². The van der Waals surface area contributed by atoms with E-state index in [4.69, 9.17) is 16.3 Å². The molecule has 6 heteroatoms. The number of halogens is 1. The second-order valence-corrected chi connectivity index (χ2v) is 7.09. The molecule has 0 saturated heterocycles. The summed E-state index contributed by atoms with van der Waals surface area (Å²) in [5, 5.41) is 3.66. The number of ether oxygens (including phenoxy) is 1. The summed E-state index contributed by atoms with van der Waals surface area (Å²) in [6, 6.07) is 5.40. The van der Waals surface area contributed by atoms with Crippen LogP contribution in [0.15, 0.2) is 18.2 Å². The number of carbonyl (C=O) groups excluding carboxylic acids is 2. The molecule has 1 aliphatic heterocycles. The number of nitrogens with zero attached hydrogens (tertiary/aromatic N) is 1. The fourth-order valence-corrected chi connectivity index (χ4v) is 3.42. The Morgan fingerprint density at radius 2 is 2.00 bits per heavy atom. The molecule has 2 amide bonds.